The fourth-order valence-corrected chi connectivity index (χ4v) is 3.96. The van der Waals surface area contributed by atoms with Crippen LogP contribution in [0.4, 0.5) is 13.2 Å². The molecule has 1 amide bonds. The van der Waals surface area contributed by atoms with Crippen molar-refractivity contribution < 1.29 is 18.0 Å². The first kappa shape index (κ1) is 20.1. The van der Waals surface area contributed by atoms with Crippen LogP contribution in [0.5, 0.6) is 0 Å². The van der Waals surface area contributed by atoms with E-state index in [1.165, 1.54) is 12.1 Å². The number of aryl methyl sites for hydroxylation is 1. The van der Waals surface area contributed by atoms with Crippen LogP contribution in [0.1, 0.15) is 46.9 Å². The monoisotopic (exact) mass is 414 g/mol. The predicted molar refractivity (Wildman–Crippen MR) is 106 cm³/mol. The van der Waals surface area contributed by atoms with Crippen LogP contribution in [0.25, 0.3) is 11.1 Å². The molecule has 1 fully saturated rings. The Morgan fingerprint density at radius 2 is 1.90 bits per heavy atom. The molecular formula is C22H21F3N4O. The number of hydrogen-bond donors (Lipinski definition) is 0. The van der Waals surface area contributed by atoms with Crippen molar-refractivity contribution in [1.29, 1.82) is 0 Å². The first-order valence-electron chi connectivity index (χ1n) is 9.77. The van der Waals surface area contributed by atoms with Gasteiger partial charge >= 0.3 is 6.18 Å². The number of amides is 1. The second-order valence-electron chi connectivity index (χ2n) is 7.43. The van der Waals surface area contributed by atoms with Gasteiger partial charge in [0.25, 0.3) is 5.91 Å². The van der Waals surface area contributed by atoms with Crippen LogP contribution in [0, 0.1) is 0 Å². The van der Waals surface area contributed by atoms with Gasteiger partial charge in [-0.3, -0.25) is 14.5 Å². The first-order valence-corrected chi connectivity index (χ1v) is 9.77. The minimum absolute atomic E-state index is 0.0399. The van der Waals surface area contributed by atoms with E-state index in [9.17, 15) is 18.0 Å². The number of aromatic nitrogens is 3. The van der Waals surface area contributed by atoms with E-state index < -0.39 is 17.6 Å². The molecule has 30 heavy (non-hydrogen) atoms. The van der Waals surface area contributed by atoms with Crippen LogP contribution in [-0.2, 0) is 13.2 Å². The Morgan fingerprint density at radius 1 is 1.13 bits per heavy atom. The summed E-state index contributed by atoms with van der Waals surface area (Å²) in [4.78, 5) is 18.9. The number of alkyl halides is 3. The van der Waals surface area contributed by atoms with Crippen molar-refractivity contribution in [2.75, 3.05) is 6.54 Å². The van der Waals surface area contributed by atoms with Crippen molar-refractivity contribution >= 4 is 5.91 Å². The number of benzene rings is 1. The third-order valence-electron chi connectivity index (χ3n) is 5.36. The van der Waals surface area contributed by atoms with E-state index in [2.05, 4.69) is 10.1 Å². The summed E-state index contributed by atoms with van der Waals surface area (Å²) in [6, 6.07) is 8.07. The van der Waals surface area contributed by atoms with Crippen molar-refractivity contribution in [2.45, 2.75) is 31.5 Å². The molecule has 1 atom stereocenters. The molecule has 0 radical (unpaired) electrons. The molecule has 1 aliphatic rings. The van der Waals surface area contributed by atoms with Gasteiger partial charge in [0.05, 0.1) is 17.3 Å². The molecule has 2 aromatic heterocycles. The SMILES string of the molecule is Cn1cc(-c2ccncc2)c([C@@H]2CCCCN2C(=O)c2cccc(C(F)(F)F)c2)n1. The van der Waals surface area contributed by atoms with Gasteiger partial charge in [0.1, 0.15) is 0 Å². The Hall–Kier alpha value is -3.16. The quantitative estimate of drug-likeness (QED) is 0.615. The number of hydrogen-bond acceptors (Lipinski definition) is 3. The summed E-state index contributed by atoms with van der Waals surface area (Å²) in [5.74, 6) is -0.405. The van der Waals surface area contributed by atoms with Crippen LogP contribution < -0.4 is 0 Å². The van der Waals surface area contributed by atoms with Gasteiger partial charge in [-0.2, -0.15) is 18.3 Å². The van der Waals surface area contributed by atoms with E-state index in [1.54, 1.807) is 22.0 Å². The molecule has 0 unspecified atom stereocenters. The van der Waals surface area contributed by atoms with E-state index in [1.807, 2.05) is 25.4 Å². The second-order valence-corrected chi connectivity index (χ2v) is 7.43. The van der Waals surface area contributed by atoms with Crippen LogP contribution >= 0.6 is 0 Å². The van der Waals surface area contributed by atoms with E-state index in [0.717, 1.165) is 41.8 Å². The van der Waals surface area contributed by atoms with Gasteiger partial charge in [-0.25, -0.2) is 0 Å². The van der Waals surface area contributed by atoms with E-state index >= 15 is 0 Å². The van der Waals surface area contributed by atoms with E-state index in [4.69, 9.17) is 0 Å². The lowest BCUT2D eigenvalue weighted by Crippen LogP contribution is -2.39. The highest BCUT2D eigenvalue weighted by atomic mass is 19.4. The molecule has 3 aromatic rings. The van der Waals surface area contributed by atoms with Crippen molar-refractivity contribution in [2.24, 2.45) is 7.05 Å². The predicted octanol–water partition coefficient (Wildman–Crippen LogP) is 4.87. The molecule has 0 bridgehead atoms. The normalized spacial score (nSPS) is 17.2. The molecule has 0 aliphatic carbocycles. The number of carbonyl (C=O) groups is 1. The lowest BCUT2D eigenvalue weighted by molar-refractivity contribution is -0.137. The van der Waals surface area contributed by atoms with Crippen molar-refractivity contribution in [3.05, 3.63) is 71.8 Å². The zero-order valence-corrected chi connectivity index (χ0v) is 16.4. The summed E-state index contributed by atoms with van der Waals surface area (Å²) in [7, 11) is 1.82. The fourth-order valence-electron chi connectivity index (χ4n) is 3.96. The van der Waals surface area contributed by atoms with Crippen LogP contribution in [-0.4, -0.2) is 32.1 Å². The first-order chi connectivity index (χ1) is 14.3. The molecule has 0 saturated carbocycles. The van der Waals surface area contributed by atoms with Crippen molar-refractivity contribution in [3.63, 3.8) is 0 Å². The molecule has 0 spiro atoms. The van der Waals surface area contributed by atoms with Gasteiger partial charge in [0.15, 0.2) is 0 Å². The highest BCUT2D eigenvalue weighted by Crippen LogP contribution is 2.37. The van der Waals surface area contributed by atoms with Crippen molar-refractivity contribution in [1.82, 2.24) is 19.7 Å². The minimum Gasteiger partial charge on any atom is -0.330 e. The maximum atomic E-state index is 13.2. The van der Waals surface area contributed by atoms with Gasteiger partial charge < -0.3 is 4.90 Å². The Balaban J connectivity index is 1.71. The molecule has 1 aromatic carbocycles. The number of halogens is 3. The lowest BCUT2D eigenvalue weighted by atomic mass is 9.94. The maximum Gasteiger partial charge on any atom is 0.416 e. The van der Waals surface area contributed by atoms with Crippen molar-refractivity contribution in [3.8, 4) is 11.1 Å². The summed E-state index contributed by atoms with van der Waals surface area (Å²) < 4.78 is 41.0. The zero-order chi connectivity index (χ0) is 21.3. The maximum absolute atomic E-state index is 13.2. The number of likely N-dealkylation sites (tertiary alicyclic amines) is 1. The third-order valence-corrected chi connectivity index (χ3v) is 5.36. The smallest absolute Gasteiger partial charge is 0.330 e. The van der Waals surface area contributed by atoms with E-state index in [0.29, 0.717) is 13.0 Å². The van der Waals surface area contributed by atoms with Gasteiger partial charge in [0, 0.05) is 43.3 Å². The summed E-state index contributed by atoms with van der Waals surface area (Å²) in [5.41, 5.74) is 1.80. The average Bonchev–Trinajstić information content (AvgIpc) is 3.15. The molecule has 5 nitrogen and oxygen atoms in total. The summed E-state index contributed by atoms with van der Waals surface area (Å²) in [6.45, 7) is 0.478. The number of pyridine rings is 1. The average molecular weight is 414 g/mol. The Kier molecular flexibility index (Phi) is 5.32. The zero-order valence-electron chi connectivity index (χ0n) is 16.4. The molecule has 4 rings (SSSR count). The number of carbonyl (C=O) groups excluding carboxylic acids is 1. The van der Waals surface area contributed by atoms with E-state index in [-0.39, 0.29) is 11.6 Å². The largest absolute Gasteiger partial charge is 0.416 e. The summed E-state index contributed by atoms with van der Waals surface area (Å²) in [6.07, 6.45) is 3.22. The number of nitrogens with zero attached hydrogens (tertiary/aromatic N) is 4. The molecule has 1 saturated heterocycles. The van der Waals surface area contributed by atoms with Crippen LogP contribution in [0.3, 0.4) is 0 Å². The highest BCUT2D eigenvalue weighted by molar-refractivity contribution is 5.95. The Morgan fingerprint density at radius 3 is 2.63 bits per heavy atom. The van der Waals surface area contributed by atoms with Gasteiger partial charge in [0.2, 0.25) is 0 Å². The third kappa shape index (κ3) is 3.94. The lowest BCUT2D eigenvalue weighted by Gasteiger charge is -2.35. The van der Waals surface area contributed by atoms with Gasteiger partial charge in [-0.05, 0) is 55.2 Å². The van der Waals surface area contributed by atoms with Gasteiger partial charge in [-0.1, -0.05) is 6.07 Å². The second kappa shape index (κ2) is 7.93. The standard InChI is InChI=1S/C22H21F3N4O/c1-28-14-18(15-8-10-26-11-9-15)20(27-28)19-7-2-3-12-29(19)21(30)16-5-4-6-17(13-16)22(23,24)25/h4-6,8-11,13-14,19H,2-3,7,12H2,1H3/t19-/m0/s1. The highest BCUT2D eigenvalue weighted by Gasteiger charge is 2.34. The van der Waals surface area contributed by atoms with Crippen LogP contribution in [0.15, 0.2) is 55.0 Å². The molecule has 3 heterocycles. The minimum atomic E-state index is -4.49. The Labute approximate surface area is 172 Å². The Bertz CT molecular complexity index is 1050. The summed E-state index contributed by atoms with van der Waals surface area (Å²) in [5, 5.41) is 4.62. The number of piperidine rings is 1. The topological polar surface area (TPSA) is 51.0 Å². The molecular weight excluding hydrogens is 393 g/mol. The molecule has 156 valence electrons. The summed E-state index contributed by atoms with van der Waals surface area (Å²) >= 11 is 0. The number of rotatable bonds is 3. The van der Waals surface area contributed by atoms with Crippen LogP contribution in [0.2, 0.25) is 0 Å². The molecule has 1 aliphatic heterocycles. The molecule has 8 heteroatoms. The molecule has 0 N–H and O–H groups in total. The fraction of sp³-hybridized carbons (Fsp3) is 0.318. The van der Waals surface area contributed by atoms with Gasteiger partial charge in [-0.15, -0.1) is 0 Å².